The Bertz CT molecular complexity index is 251. The van der Waals surface area contributed by atoms with Crippen molar-refractivity contribution in [3.05, 3.63) is 0 Å². The maximum Gasteiger partial charge on any atom is 0.0246 e. The van der Waals surface area contributed by atoms with Crippen molar-refractivity contribution in [2.45, 2.75) is 47.1 Å². The van der Waals surface area contributed by atoms with E-state index in [0.717, 1.165) is 12.3 Å². The van der Waals surface area contributed by atoms with E-state index in [0.29, 0.717) is 16.9 Å². The lowest BCUT2D eigenvalue weighted by molar-refractivity contribution is 0.430. The molecule has 0 spiro atoms. The van der Waals surface area contributed by atoms with Crippen LogP contribution in [0.1, 0.15) is 41.0 Å². The van der Waals surface area contributed by atoms with E-state index in [1.54, 1.807) is 0 Å². The van der Waals surface area contributed by atoms with Crippen LogP contribution in [0.2, 0.25) is 0 Å². The quantitative estimate of drug-likeness (QED) is 0.680. The molecule has 0 saturated heterocycles. The van der Waals surface area contributed by atoms with Gasteiger partial charge in [-0.1, -0.05) is 27.7 Å². The molecule has 14 heavy (non-hydrogen) atoms. The second kappa shape index (κ2) is 3.59. The van der Waals surface area contributed by atoms with Crippen LogP contribution in [-0.2, 0) is 0 Å². The summed E-state index contributed by atoms with van der Waals surface area (Å²) in [7, 11) is 2.05. The van der Waals surface area contributed by atoms with Crippen LogP contribution < -0.4 is 5.32 Å². The van der Waals surface area contributed by atoms with E-state index in [1.165, 1.54) is 0 Å². The van der Waals surface area contributed by atoms with Crippen LogP contribution in [0, 0.1) is 28.6 Å². The van der Waals surface area contributed by atoms with Gasteiger partial charge >= 0.3 is 0 Å². The van der Waals surface area contributed by atoms with Crippen LogP contribution in [0.25, 0.3) is 0 Å². The summed E-state index contributed by atoms with van der Waals surface area (Å²) in [6, 6.07) is 0.549. The number of hydrogen-bond acceptors (Lipinski definition) is 1. The molecule has 0 amide bonds. The van der Waals surface area contributed by atoms with E-state index in [2.05, 4.69) is 44.9 Å². The Kier molecular flexibility index (Phi) is 2.97. The molecular formula is C13H23N. The van der Waals surface area contributed by atoms with Crippen molar-refractivity contribution >= 4 is 0 Å². The Hall–Kier alpha value is -0.480. The molecule has 1 heteroatoms. The monoisotopic (exact) mass is 193 g/mol. The molecule has 1 unspecified atom stereocenters. The first kappa shape index (κ1) is 11.6. The Labute approximate surface area is 88.7 Å². The molecule has 1 atom stereocenters. The second-order valence-electron chi connectivity index (χ2n) is 5.45. The van der Waals surface area contributed by atoms with Crippen LogP contribution in [0.15, 0.2) is 0 Å². The Morgan fingerprint density at radius 2 is 1.71 bits per heavy atom. The van der Waals surface area contributed by atoms with Gasteiger partial charge in [0.1, 0.15) is 0 Å². The van der Waals surface area contributed by atoms with Crippen molar-refractivity contribution in [3.8, 4) is 11.8 Å². The lowest BCUT2D eigenvalue weighted by atomic mass is 10.0. The van der Waals surface area contributed by atoms with Crippen molar-refractivity contribution in [2.24, 2.45) is 16.7 Å². The fraction of sp³-hybridized carbons (Fsp3) is 0.846. The molecule has 80 valence electrons. The second-order valence-corrected chi connectivity index (χ2v) is 5.45. The maximum absolute atomic E-state index is 3.41. The Morgan fingerprint density at radius 1 is 1.21 bits per heavy atom. The van der Waals surface area contributed by atoms with Gasteiger partial charge < -0.3 is 5.32 Å². The van der Waals surface area contributed by atoms with E-state index in [-0.39, 0.29) is 0 Å². The molecule has 0 aromatic rings. The van der Waals surface area contributed by atoms with Gasteiger partial charge in [-0.2, -0.15) is 0 Å². The maximum atomic E-state index is 3.41. The van der Waals surface area contributed by atoms with Gasteiger partial charge in [-0.25, -0.2) is 0 Å². The summed E-state index contributed by atoms with van der Waals surface area (Å²) in [5.41, 5.74) is 0.909. The smallest absolute Gasteiger partial charge is 0.0246 e. The van der Waals surface area contributed by atoms with Gasteiger partial charge in [0.05, 0.1) is 0 Å². The highest BCUT2D eigenvalue weighted by Crippen LogP contribution is 2.69. The van der Waals surface area contributed by atoms with E-state index in [4.69, 9.17) is 0 Å². The third-order valence-electron chi connectivity index (χ3n) is 4.40. The standard InChI is InChI=1S/C13H23N/c1-7-8-9-10(14-6)11-12(2,3)13(11,4)5/h10-11,14H,9H2,1-6H3. The lowest BCUT2D eigenvalue weighted by Gasteiger charge is -2.15. The van der Waals surface area contributed by atoms with Crippen LogP contribution in [0.3, 0.4) is 0 Å². The third-order valence-corrected chi connectivity index (χ3v) is 4.40. The largest absolute Gasteiger partial charge is 0.316 e. The molecule has 0 aliphatic heterocycles. The molecule has 1 aliphatic carbocycles. The van der Waals surface area contributed by atoms with Gasteiger partial charge in [-0.3, -0.25) is 0 Å². The van der Waals surface area contributed by atoms with Crippen molar-refractivity contribution < 1.29 is 0 Å². The van der Waals surface area contributed by atoms with Crippen molar-refractivity contribution in [2.75, 3.05) is 7.05 Å². The molecule has 0 heterocycles. The van der Waals surface area contributed by atoms with Crippen molar-refractivity contribution in [1.29, 1.82) is 0 Å². The van der Waals surface area contributed by atoms with Gasteiger partial charge in [0, 0.05) is 12.5 Å². The minimum atomic E-state index is 0.454. The molecule has 0 radical (unpaired) electrons. The summed E-state index contributed by atoms with van der Waals surface area (Å²) in [6.07, 6.45) is 0.977. The van der Waals surface area contributed by atoms with E-state index in [9.17, 15) is 0 Å². The fourth-order valence-electron chi connectivity index (χ4n) is 2.85. The van der Waals surface area contributed by atoms with Crippen molar-refractivity contribution in [3.63, 3.8) is 0 Å². The lowest BCUT2D eigenvalue weighted by Crippen LogP contribution is -2.29. The van der Waals surface area contributed by atoms with Gasteiger partial charge in [0.2, 0.25) is 0 Å². The highest BCUT2D eigenvalue weighted by molar-refractivity contribution is 5.18. The molecule has 1 rings (SSSR count). The van der Waals surface area contributed by atoms with E-state index < -0.39 is 0 Å². The Morgan fingerprint density at radius 3 is 2.00 bits per heavy atom. The van der Waals surface area contributed by atoms with Crippen molar-refractivity contribution in [1.82, 2.24) is 5.32 Å². The summed E-state index contributed by atoms with van der Waals surface area (Å²) < 4.78 is 0. The summed E-state index contributed by atoms with van der Waals surface area (Å²) in [5, 5.41) is 3.41. The highest BCUT2D eigenvalue weighted by atomic mass is 14.9. The Balaban J connectivity index is 2.68. The molecule has 1 N–H and O–H groups in total. The van der Waals surface area contributed by atoms with Crippen LogP contribution in [0.5, 0.6) is 0 Å². The summed E-state index contributed by atoms with van der Waals surface area (Å²) >= 11 is 0. The molecule has 1 fully saturated rings. The first-order valence-corrected chi connectivity index (χ1v) is 5.46. The number of hydrogen-bond donors (Lipinski definition) is 1. The minimum Gasteiger partial charge on any atom is -0.316 e. The minimum absolute atomic E-state index is 0.454. The van der Waals surface area contributed by atoms with E-state index in [1.807, 2.05) is 14.0 Å². The van der Waals surface area contributed by atoms with Gasteiger partial charge in [0.25, 0.3) is 0 Å². The van der Waals surface area contributed by atoms with E-state index >= 15 is 0 Å². The SMILES string of the molecule is CC#CCC(NC)C1C(C)(C)C1(C)C. The van der Waals surface area contributed by atoms with Gasteiger partial charge in [-0.15, -0.1) is 11.8 Å². The first-order valence-electron chi connectivity index (χ1n) is 5.46. The number of rotatable bonds is 3. The predicted octanol–water partition coefficient (Wildman–Crippen LogP) is 2.67. The molecule has 1 nitrogen and oxygen atoms in total. The van der Waals surface area contributed by atoms with Gasteiger partial charge in [-0.05, 0) is 30.7 Å². The molecular weight excluding hydrogens is 170 g/mol. The average molecular weight is 193 g/mol. The average Bonchev–Trinajstić information content (AvgIpc) is 2.48. The summed E-state index contributed by atoms with van der Waals surface area (Å²) in [4.78, 5) is 0. The molecule has 1 aliphatic rings. The third kappa shape index (κ3) is 1.57. The summed E-state index contributed by atoms with van der Waals surface area (Å²) in [6.45, 7) is 11.4. The zero-order valence-corrected chi connectivity index (χ0v) is 10.4. The van der Waals surface area contributed by atoms with Crippen LogP contribution in [0.4, 0.5) is 0 Å². The van der Waals surface area contributed by atoms with Gasteiger partial charge in [0.15, 0.2) is 0 Å². The zero-order chi connectivity index (χ0) is 11.0. The topological polar surface area (TPSA) is 12.0 Å². The highest BCUT2D eigenvalue weighted by Gasteiger charge is 2.66. The zero-order valence-electron chi connectivity index (χ0n) is 10.4. The molecule has 0 aromatic carbocycles. The first-order chi connectivity index (χ1) is 6.39. The molecule has 0 aromatic heterocycles. The van der Waals surface area contributed by atoms with Crippen LogP contribution in [-0.4, -0.2) is 13.1 Å². The molecule has 0 bridgehead atoms. The number of nitrogens with one attached hydrogen (secondary N) is 1. The van der Waals surface area contributed by atoms with Crippen LogP contribution >= 0.6 is 0 Å². The molecule has 1 saturated carbocycles. The summed E-state index contributed by atoms with van der Waals surface area (Å²) in [5.74, 6) is 6.91. The predicted molar refractivity (Wildman–Crippen MR) is 62.0 cm³/mol. The fourth-order valence-corrected chi connectivity index (χ4v) is 2.85. The normalized spacial score (nSPS) is 25.0.